The van der Waals surface area contributed by atoms with Crippen LogP contribution in [0.15, 0.2) is 34.7 Å². The molecule has 0 saturated carbocycles. The monoisotopic (exact) mass is 333 g/mol. The molecular formula is C14H16BN3O4S. The minimum absolute atomic E-state index is 0.131. The third kappa shape index (κ3) is 5.48. The standard InChI is InChI=1S/C14H16BN3O4S/c1-2-22-13(19)7-12-9-23-14(17-12)18-16-8-10-4-3-5-11(6-10)15(20)21/h3-6,8-9,20-21H,2,7H2,1H3,(H,17,18). The highest BCUT2D eigenvalue weighted by atomic mass is 32.1. The number of hydrogen-bond acceptors (Lipinski definition) is 8. The Morgan fingerprint density at radius 1 is 1.52 bits per heavy atom. The first-order chi connectivity index (χ1) is 11.1. The lowest BCUT2D eigenvalue weighted by atomic mass is 9.80. The van der Waals surface area contributed by atoms with E-state index in [0.717, 1.165) is 0 Å². The molecule has 3 N–H and O–H groups in total. The van der Waals surface area contributed by atoms with Gasteiger partial charge in [-0.05, 0) is 17.9 Å². The molecule has 0 amide bonds. The van der Waals surface area contributed by atoms with Gasteiger partial charge < -0.3 is 14.8 Å². The summed E-state index contributed by atoms with van der Waals surface area (Å²) in [6, 6.07) is 6.71. The van der Waals surface area contributed by atoms with Crippen molar-refractivity contribution < 1.29 is 19.6 Å². The number of nitrogens with one attached hydrogen (secondary N) is 1. The van der Waals surface area contributed by atoms with E-state index in [2.05, 4.69) is 15.5 Å². The Kier molecular flexibility index (Phi) is 6.27. The number of carbonyl (C=O) groups excluding carboxylic acids is 1. The fourth-order valence-corrected chi connectivity index (χ4v) is 2.42. The number of hydrazone groups is 1. The minimum atomic E-state index is -1.51. The van der Waals surface area contributed by atoms with E-state index in [1.165, 1.54) is 17.6 Å². The molecule has 2 rings (SSSR count). The smallest absolute Gasteiger partial charge is 0.466 e. The van der Waals surface area contributed by atoms with E-state index in [0.29, 0.717) is 28.5 Å². The van der Waals surface area contributed by atoms with Gasteiger partial charge in [-0.15, -0.1) is 11.3 Å². The Labute approximate surface area is 137 Å². The minimum Gasteiger partial charge on any atom is -0.466 e. The van der Waals surface area contributed by atoms with Gasteiger partial charge in [0.25, 0.3) is 0 Å². The zero-order valence-corrected chi connectivity index (χ0v) is 13.3. The Hall–Kier alpha value is -2.23. The average molecular weight is 333 g/mol. The van der Waals surface area contributed by atoms with Gasteiger partial charge in [0.1, 0.15) is 0 Å². The van der Waals surface area contributed by atoms with Gasteiger partial charge in [0.2, 0.25) is 5.13 Å². The van der Waals surface area contributed by atoms with Gasteiger partial charge in [-0.25, -0.2) is 4.98 Å². The third-order valence-electron chi connectivity index (χ3n) is 2.77. The number of esters is 1. The van der Waals surface area contributed by atoms with Gasteiger partial charge in [-0.2, -0.15) is 5.10 Å². The molecule has 0 aliphatic heterocycles. The molecule has 0 radical (unpaired) electrons. The zero-order valence-electron chi connectivity index (χ0n) is 12.5. The van der Waals surface area contributed by atoms with Gasteiger partial charge in [-0.3, -0.25) is 10.2 Å². The molecule has 2 aromatic rings. The van der Waals surface area contributed by atoms with Gasteiger partial charge >= 0.3 is 13.1 Å². The number of benzene rings is 1. The zero-order chi connectivity index (χ0) is 16.7. The number of carbonyl (C=O) groups is 1. The number of anilines is 1. The highest BCUT2D eigenvalue weighted by Crippen LogP contribution is 2.16. The summed E-state index contributed by atoms with van der Waals surface area (Å²) in [7, 11) is -1.51. The Morgan fingerprint density at radius 3 is 3.09 bits per heavy atom. The van der Waals surface area contributed by atoms with Crippen molar-refractivity contribution >= 4 is 41.2 Å². The first-order valence-corrected chi connectivity index (χ1v) is 7.81. The normalized spacial score (nSPS) is 10.7. The molecular weight excluding hydrogens is 317 g/mol. The Balaban J connectivity index is 1.92. The van der Waals surface area contributed by atoms with Crippen molar-refractivity contribution in [2.75, 3.05) is 12.0 Å². The molecule has 0 bridgehead atoms. The molecule has 1 heterocycles. The van der Waals surface area contributed by atoms with Crippen LogP contribution < -0.4 is 10.9 Å². The summed E-state index contributed by atoms with van der Waals surface area (Å²) < 4.78 is 4.86. The van der Waals surface area contributed by atoms with Gasteiger partial charge in [0, 0.05) is 5.38 Å². The number of rotatable bonds is 7. The van der Waals surface area contributed by atoms with Crippen molar-refractivity contribution in [3.63, 3.8) is 0 Å². The lowest BCUT2D eigenvalue weighted by Crippen LogP contribution is -2.29. The molecule has 0 atom stereocenters. The van der Waals surface area contributed by atoms with Crippen LogP contribution in [0, 0.1) is 0 Å². The van der Waals surface area contributed by atoms with E-state index in [1.807, 2.05) is 0 Å². The Bertz CT molecular complexity index is 690. The number of nitrogens with zero attached hydrogens (tertiary/aromatic N) is 2. The summed E-state index contributed by atoms with van der Waals surface area (Å²) in [5.74, 6) is -0.313. The second-order valence-electron chi connectivity index (χ2n) is 4.54. The molecule has 0 aliphatic carbocycles. The highest BCUT2D eigenvalue weighted by Gasteiger charge is 2.10. The molecule has 7 nitrogen and oxygen atoms in total. The van der Waals surface area contributed by atoms with Crippen LogP contribution in [0.25, 0.3) is 0 Å². The molecule has 9 heteroatoms. The van der Waals surface area contributed by atoms with E-state index < -0.39 is 7.12 Å². The average Bonchev–Trinajstić information content (AvgIpc) is 2.95. The Morgan fingerprint density at radius 2 is 2.35 bits per heavy atom. The summed E-state index contributed by atoms with van der Waals surface area (Å²) in [5, 5.41) is 24.6. The van der Waals surface area contributed by atoms with Crippen molar-refractivity contribution in [3.8, 4) is 0 Å². The molecule has 0 unspecified atom stereocenters. The summed E-state index contributed by atoms with van der Waals surface area (Å²) in [6.45, 7) is 2.10. The van der Waals surface area contributed by atoms with E-state index in [9.17, 15) is 4.79 Å². The summed E-state index contributed by atoms with van der Waals surface area (Å²) >= 11 is 1.33. The second-order valence-corrected chi connectivity index (χ2v) is 5.40. The summed E-state index contributed by atoms with van der Waals surface area (Å²) in [4.78, 5) is 15.6. The SMILES string of the molecule is CCOC(=O)Cc1csc(NN=Cc2cccc(B(O)O)c2)n1. The first-order valence-electron chi connectivity index (χ1n) is 6.93. The maximum Gasteiger partial charge on any atom is 0.488 e. The topological polar surface area (TPSA) is 104 Å². The van der Waals surface area contributed by atoms with Gasteiger partial charge in [0.15, 0.2) is 0 Å². The van der Waals surface area contributed by atoms with E-state index in [-0.39, 0.29) is 12.4 Å². The van der Waals surface area contributed by atoms with Crippen LogP contribution in [-0.4, -0.2) is 40.9 Å². The molecule has 0 spiro atoms. The number of hydrogen-bond donors (Lipinski definition) is 3. The van der Waals surface area contributed by atoms with Crippen LogP contribution in [0.2, 0.25) is 0 Å². The van der Waals surface area contributed by atoms with Crippen LogP contribution in [0.1, 0.15) is 18.2 Å². The van der Waals surface area contributed by atoms with Crippen molar-refractivity contribution in [2.24, 2.45) is 5.10 Å². The molecule has 23 heavy (non-hydrogen) atoms. The van der Waals surface area contributed by atoms with Crippen LogP contribution in [0.5, 0.6) is 0 Å². The predicted molar refractivity (Wildman–Crippen MR) is 89.9 cm³/mol. The number of ether oxygens (including phenoxy) is 1. The second kappa shape index (κ2) is 8.42. The quantitative estimate of drug-likeness (QED) is 0.293. The van der Waals surface area contributed by atoms with Crippen molar-refractivity contribution in [1.29, 1.82) is 0 Å². The number of aromatic nitrogens is 1. The first kappa shape index (κ1) is 17.1. The molecule has 1 aromatic heterocycles. The van der Waals surface area contributed by atoms with Crippen molar-refractivity contribution in [1.82, 2.24) is 4.98 Å². The molecule has 1 aromatic carbocycles. The largest absolute Gasteiger partial charge is 0.488 e. The van der Waals surface area contributed by atoms with Crippen LogP contribution >= 0.6 is 11.3 Å². The number of thiazole rings is 1. The highest BCUT2D eigenvalue weighted by molar-refractivity contribution is 7.13. The lowest BCUT2D eigenvalue weighted by Gasteiger charge is -2.00. The van der Waals surface area contributed by atoms with E-state index in [4.69, 9.17) is 14.8 Å². The van der Waals surface area contributed by atoms with E-state index in [1.54, 1.807) is 36.6 Å². The van der Waals surface area contributed by atoms with Gasteiger partial charge in [0.05, 0.1) is 24.9 Å². The molecule has 0 aliphatic rings. The van der Waals surface area contributed by atoms with Crippen molar-refractivity contribution in [3.05, 3.63) is 40.9 Å². The fourth-order valence-electron chi connectivity index (χ4n) is 1.76. The maximum atomic E-state index is 11.4. The van der Waals surface area contributed by atoms with Crippen molar-refractivity contribution in [2.45, 2.75) is 13.3 Å². The molecule has 0 saturated heterocycles. The van der Waals surface area contributed by atoms with E-state index >= 15 is 0 Å². The fraction of sp³-hybridized carbons (Fsp3) is 0.214. The van der Waals surface area contributed by atoms with Gasteiger partial charge in [-0.1, -0.05) is 24.3 Å². The third-order valence-corrected chi connectivity index (χ3v) is 3.56. The maximum absolute atomic E-state index is 11.4. The van der Waals surface area contributed by atoms with Crippen LogP contribution in [0.3, 0.4) is 0 Å². The summed E-state index contributed by atoms with van der Waals surface area (Å²) in [5.41, 5.74) is 4.49. The van der Waals surface area contributed by atoms with Crippen LogP contribution in [0.4, 0.5) is 5.13 Å². The summed E-state index contributed by atoms with van der Waals surface area (Å²) in [6.07, 6.45) is 1.67. The molecule has 0 fully saturated rings. The molecule has 120 valence electrons. The van der Waals surface area contributed by atoms with Crippen LogP contribution in [-0.2, 0) is 16.0 Å². The lowest BCUT2D eigenvalue weighted by molar-refractivity contribution is -0.142. The predicted octanol–water partition coefficient (Wildman–Crippen LogP) is 0.374.